The van der Waals surface area contributed by atoms with Crippen LogP contribution in [0.25, 0.3) is 6.08 Å². The molecular weight excluding hydrogens is 236 g/mol. The summed E-state index contributed by atoms with van der Waals surface area (Å²) in [6, 6.07) is 5.72. The first kappa shape index (κ1) is 15.4. The predicted octanol–water partition coefficient (Wildman–Crippen LogP) is 4.07. The molecule has 1 aromatic carbocycles. The van der Waals surface area contributed by atoms with Gasteiger partial charge in [-0.05, 0) is 30.5 Å². The van der Waals surface area contributed by atoms with Gasteiger partial charge < -0.3 is 10.5 Å². The highest BCUT2D eigenvalue weighted by molar-refractivity contribution is 5.90. The molecular formula is C16H24N2O. The van der Waals surface area contributed by atoms with Crippen LogP contribution in [-0.4, -0.2) is 19.4 Å². The van der Waals surface area contributed by atoms with Crippen LogP contribution in [0.4, 0.5) is 11.4 Å². The largest absolute Gasteiger partial charge is 0.399 e. The summed E-state index contributed by atoms with van der Waals surface area (Å²) in [4.78, 5) is 4.79. The van der Waals surface area contributed by atoms with E-state index >= 15 is 0 Å². The molecule has 1 rings (SSSR count). The second-order valence-corrected chi connectivity index (χ2v) is 4.68. The number of anilines is 1. The molecule has 0 heterocycles. The first-order valence-corrected chi connectivity index (χ1v) is 6.70. The highest BCUT2D eigenvalue weighted by Crippen LogP contribution is 2.25. The maximum atomic E-state index is 5.78. The summed E-state index contributed by atoms with van der Waals surface area (Å²) in [5.74, 6) is 0.449. The highest BCUT2D eigenvalue weighted by atomic mass is 16.5. The van der Waals surface area contributed by atoms with Crippen molar-refractivity contribution in [3.63, 3.8) is 0 Å². The lowest BCUT2D eigenvalue weighted by molar-refractivity contribution is 0.206. The van der Waals surface area contributed by atoms with Crippen LogP contribution in [0.5, 0.6) is 0 Å². The lowest BCUT2D eigenvalue weighted by Gasteiger charge is -2.13. The summed E-state index contributed by atoms with van der Waals surface area (Å²) >= 11 is 0. The molecule has 104 valence electrons. The molecule has 3 nitrogen and oxygen atoms in total. The van der Waals surface area contributed by atoms with E-state index in [4.69, 9.17) is 15.5 Å². The Morgan fingerprint density at radius 1 is 1.53 bits per heavy atom. The fourth-order valence-corrected chi connectivity index (χ4v) is 1.85. The van der Waals surface area contributed by atoms with E-state index in [1.54, 1.807) is 13.2 Å². The van der Waals surface area contributed by atoms with Crippen molar-refractivity contribution in [3.8, 4) is 0 Å². The molecule has 19 heavy (non-hydrogen) atoms. The quantitative estimate of drug-likeness (QED) is 0.593. The van der Waals surface area contributed by atoms with Crippen molar-refractivity contribution in [3.05, 3.63) is 30.3 Å². The van der Waals surface area contributed by atoms with Crippen LogP contribution < -0.4 is 5.73 Å². The molecule has 0 aliphatic heterocycles. The van der Waals surface area contributed by atoms with E-state index in [-0.39, 0.29) is 0 Å². The van der Waals surface area contributed by atoms with Gasteiger partial charge in [-0.3, -0.25) is 4.99 Å². The van der Waals surface area contributed by atoms with E-state index in [0.29, 0.717) is 12.5 Å². The molecule has 0 amide bonds. The van der Waals surface area contributed by atoms with Crippen LogP contribution in [0.2, 0.25) is 0 Å². The smallest absolute Gasteiger partial charge is 0.0702 e. The zero-order chi connectivity index (χ0) is 14.3. The standard InChI is InChI=1S/C16H24N2O/c1-5-12(3)15(9-10-19-4)18-16-8-7-14(17)11-13(16)6-2/h6-8,11-12H,2,5,9-10,17H2,1,3-4H3. The lowest BCUT2D eigenvalue weighted by Crippen LogP contribution is -2.12. The summed E-state index contributed by atoms with van der Waals surface area (Å²) < 4.78 is 5.16. The van der Waals surface area contributed by atoms with E-state index in [9.17, 15) is 0 Å². The van der Waals surface area contributed by atoms with Crippen LogP contribution in [-0.2, 0) is 4.74 Å². The van der Waals surface area contributed by atoms with Crippen molar-refractivity contribution < 1.29 is 4.74 Å². The SMILES string of the molecule is C=Cc1cc(N)ccc1N=C(CCOC)C(C)CC. The fourth-order valence-electron chi connectivity index (χ4n) is 1.85. The molecule has 0 aromatic heterocycles. The van der Waals surface area contributed by atoms with Crippen molar-refractivity contribution in [2.24, 2.45) is 10.9 Å². The minimum atomic E-state index is 0.449. The Balaban J connectivity index is 3.09. The van der Waals surface area contributed by atoms with Gasteiger partial charge in [0.25, 0.3) is 0 Å². The Hall–Kier alpha value is -1.61. The minimum absolute atomic E-state index is 0.449. The summed E-state index contributed by atoms with van der Waals surface area (Å²) in [5, 5.41) is 0. The maximum Gasteiger partial charge on any atom is 0.0702 e. The van der Waals surface area contributed by atoms with Crippen molar-refractivity contribution in [2.45, 2.75) is 26.7 Å². The van der Waals surface area contributed by atoms with Crippen LogP contribution in [0, 0.1) is 5.92 Å². The van der Waals surface area contributed by atoms with Crippen LogP contribution in [0.3, 0.4) is 0 Å². The molecule has 0 fully saturated rings. The first-order valence-electron chi connectivity index (χ1n) is 6.70. The topological polar surface area (TPSA) is 47.6 Å². The summed E-state index contributed by atoms with van der Waals surface area (Å²) in [7, 11) is 1.71. The number of nitrogens with zero attached hydrogens (tertiary/aromatic N) is 1. The van der Waals surface area contributed by atoms with E-state index in [2.05, 4.69) is 20.4 Å². The van der Waals surface area contributed by atoms with Gasteiger partial charge in [0.15, 0.2) is 0 Å². The zero-order valence-electron chi connectivity index (χ0n) is 12.1. The number of benzene rings is 1. The zero-order valence-corrected chi connectivity index (χ0v) is 12.1. The Morgan fingerprint density at radius 3 is 2.84 bits per heavy atom. The number of ether oxygens (including phenoxy) is 1. The van der Waals surface area contributed by atoms with E-state index < -0.39 is 0 Å². The number of nitrogen functional groups attached to an aromatic ring is 1. The number of hydrogen-bond acceptors (Lipinski definition) is 3. The fraction of sp³-hybridized carbons (Fsp3) is 0.438. The van der Waals surface area contributed by atoms with Gasteiger partial charge in [-0.25, -0.2) is 0 Å². The average molecular weight is 260 g/mol. The molecule has 2 N–H and O–H groups in total. The molecule has 0 saturated heterocycles. The van der Waals surface area contributed by atoms with Crippen molar-refractivity contribution in [1.82, 2.24) is 0 Å². The molecule has 0 bridgehead atoms. The molecule has 1 atom stereocenters. The van der Waals surface area contributed by atoms with Gasteiger partial charge in [0.05, 0.1) is 12.3 Å². The van der Waals surface area contributed by atoms with Crippen LogP contribution in [0.1, 0.15) is 32.3 Å². The van der Waals surface area contributed by atoms with Gasteiger partial charge in [-0.1, -0.05) is 26.5 Å². The van der Waals surface area contributed by atoms with Crippen molar-refractivity contribution in [1.29, 1.82) is 0 Å². The third-order valence-electron chi connectivity index (χ3n) is 3.28. The van der Waals surface area contributed by atoms with Gasteiger partial charge in [-0.2, -0.15) is 0 Å². The predicted molar refractivity (Wildman–Crippen MR) is 84.0 cm³/mol. The van der Waals surface area contributed by atoms with Crippen LogP contribution in [0.15, 0.2) is 29.8 Å². The monoisotopic (exact) mass is 260 g/mol. The van der Waals surface area contributed by atoms with Gasteiger partial charge in [0.1, 0.15) is 0 Å². The van der Waals surface area contributed by atoms with E-state index in [0.717, 1.165) is 35.5 Å². The number of hydrogen-bond donors (Lipinski definition) is 1. The Bertz CT molecular complexity index is 452. The number of methoxy groups -OCH3 is 1. The van der Waals surface area contributed by atoms with E-state index in [1.807, 2.05) is 18.2 Å². The molecule has 1 aromatic rings. The number of rotatable bonds is 7. The Morgan fingerprint density at radius 2 is 2.26 bits per heavy atom. The Labute approximate surface area is 116 Å². The van der Waals surface area contributed by atoms with Crippen LogP contribution >= 0.6 is 0 Å². The Kier molecular flexibility index (Phi) is 6.30. The number of aliphatic imine (C=N–C) groups is 1. The van der Waals surface area contributed by atoms with Crippen molar-refractivity contribution >= 4 is 23.2 Å². The van der Waals surface area contributed by atoms with Crippen molar-refractivity contribution in [2.75, 3.05) is 19.5 Å². The average Bonchev–Trinajstić information content (AvgIpc) is 2.43. The van der Waals surface area contributed by atoms with Gasteiger partial charge in [0, 0.05) is 30.5 Å². The summed E-state index contributed by atoms with van der Waals surface area (Å²) in [6.45, 7) is 8.88. The first-order chi connectivity index (χ1) is 9.12. The molecule has 1 unspecified atom stereocenters. The normalized spacial score (nSPS) is 13.3. The molecule has 0 aliphatic carbocycles. The molecule has 3 heteroatoms. The van der Waals surface area contributed by atoms with Gasteiger partial charge in [-0.15, -0.1) is 0 Å². The third-order valence-corrected chi connectivity index (χ3v) is 3.28. The molecule has 0 saturated carbocycles. The number of nitrogens with two attached hydrogens (primary N) is 1. The summed E-state index contributed by atoms with van der Waals surface area (Å²) in [6.07, 6.45) is 3.72. The summed E-state index contributed by atoms with van der Waals surface area (Å²) in [5.41, 5.74) is 9.58. The third kappa shape index (κ3) is 4.52. The highest BCUT2D eigenvalue weighted by Gasteiger charge is 2.09. The molecule has 0 radical (unpaired) electrons. The lowest BCUT2D eigenvalue weighted by atomic mass is 10.00. The molecule has 0 aliphatic rings. The van der Waals surface area contributed by atoms with Gasteiger partial charge in [0.2, 0.25) is 0 Å². The van der Waals surface area contributed by atoms with Gasteiger partial charge >= 0.3 is 0 Å². The van der Waals surface area contributed by atoms with E-state index in [1.165, 1.54) is 0 Å². The second kappa shape index (κ2) is 7.74. The minimum Gasteiger partial charge on any atom is -0.399 e. The maximum absolute atomic E-state index is 5.78. The molecule has 0 spiro atoms. The second-order valence-electron chi connectivity index (χ2n) is 4.68.